The fourth-order valence-electron chi connectivity index (χ4n) is 6.09. The van der Waals surface area contributed by atoms with E-state index in [2.05, 4.69) is 118 Å². The molecule has 4 nitrogen and oxygen atoms in total. The topological polar surface area (TPSA) is 35.6 Å². The Hall–Kier alpha value is -5.22. The smallest absolute Gasteiger partial charge is 0.156 e. The van der Waals surface area contributed by atoms with Gasteiger partial charge in [-0.3, -0.25) is 9.55 Å². The minimum absolute atomic E-state index is 0.805. The molecule has 0 atom stereocenters. The number of nitrogens with zero attached hydrogens (tertiary/aromatic N) is 4. The van der Waals surface area contributed by atoms with Crippen LogP contribution in [0.25, 0.3) is 66.4 Å². The Morgan fingerprint density at radius 3 is 1.97 bits per heavy atom. The van der Waals surface area contributed by atoms with Crippen LogP contribution in [0.3, 0.4) is 0 Å². The maximum atomic E-state index is 5.17. The summed E-state index contributed by atoms with van der Waals surface area (Å²) < 4.78 is 4.70. The van der Waals surface area contributed by atoms with Crippen molar-refractivity contribution in [2.24, 2.45) is 0 Å². The van der Waals surface area contributed by atoms with Crippen molar-refractivity contribution in [3.63, 3.8) is 0 Å². The molecule has 8 aromatic rings. The molecular weight excluding hydrogens is 476 g/mol. The highest BCUT2D eigenvalue weighted by atomic mass is 15.1. The molecule has 3 aromatic heterocycles. The maximum Gasteiger partial charge on any atom is 0.156 e. The second-order valence-corrected chi connectivity index (χ2v) is 9.98. The van der Waals surface area contributed by atoms with Crippen LogP contribution in [0.2, 0.25) is 0 Å². The summed E-state index contributed by atoms with van der Waals surface area (Å²) in [6.07, 6.45) is 3.72. The number of hydrogen-bond donors (Lipinski definition) is 0. The van der Waals surface area contributed by atoms with Crippen LogP contribution >= 0.6 is 0 Å². The molecule has 4 heteroatoms. The number of para-hydroxylation sites is 3. The van der Waals surface area contributed by atoms with E-state index < -0.39 is 0 Å². The lowest BCUT2D eigenvalue weighted by molar-refractivity contribution is 1.04. The third-order valence-electron chi connectivity index (χ3n) is 7.70. The van der Waals surface area contributed by atoms with Crippen molar-refractivity contribution in [1.29, 1.82) is 0 Å². The number of rotatable bonds is 3. The Balaban J connectivity index is 1.60. The summed E-state index contributed by atoms with van der Waals surface area (Å²) in [5, 5.41) is 4.92. The fraction of sp³-hybridized carbons (Fsp3) is 0.0286. The van der Waals surface area contributed by atoms with Gasteiger partial charge in [0, 0.05) is 32.8 Å². The second-order valence-electron chi connectivity index (χ2n) is 9.98. The van der Waals surface area contributed by atoms with Crippen LogP contribution < -0.4 is 0 Å². The monoisotopic (exact) mass is 500 g/mol. The highest BCUT2D eigenvalue weighted by Gasteiger charge is 2.23. The molecule has 0 aliphatic rings. The van der Waals surface area contributed by atoms with Gasteiger partial charge in [0.25, 0.3) is 0 Å². The van der Waals surface area contributed by atoms with E-state index in [0.29, 0.717) is 0 Å². The molecule has 184 valence electrons. The second kappa shape index (κ2) is 8.40. The molecule has 5 aromatic carbocycles. The first-order valence-corrected chi connectivity index (χ1v) is 13.2. The fourth-order valence-corrected chi connectivity index (χ4v) is 6.09. The first-order chi connectivity index (χ1) is 19.3. The quantitative estimate of drug-likeness (QED) is 0.243. The molecule has 3 heterocycles. The molecule has 0 aliphatic heterocycles. The van der Waals surface area contributed by atoms with Gasteiger partial charge in [-0.05, 0) is 42.8 Å². The molecule has 0 aliphatic carbocycles. The molecule has 39 heavy (non-hydrogen) atoms. The molecule has 8 rings (SSSR count). The van der Waals surface area contributed by atoms with E-state index in [1.54, 1.807) is 0 Å². The summed E-state index contributed by atoms with van der Waals surface area (Å²) in [5.41, 5.74) is 8.90. The minimum Gasteiger partial charge on any atom is -0.307 e. The molecular formula is C35H24N4. The average Bonchev–Trinajstić information content (AvgIpc) is 3.52. The van der Waals surface area contributed by atoms with E-state index in [4.69, 9.17) is 4.98 Å². The van der Waals surface area contributed by atoms with Gasteiger partial charge in [0.15, 0.2) is 5.82 Å². The van der Waals surface area contributed by atoms with Crippen LogP contribution in [0, 0.1) is 6.92 Å². The van der Waals surface area contributed by atoms with Crippen molar-refractivity contribution in [2.45, 2.75) is 6.92 Å². The van der Waals surface area contributed by atoms with Gasteiger partial charge in [-0.25, -0.2) is 4.98 Å². The molecule has 0 fully saturated rings. The Morgan fingerprint density at radius 1 is 0.564 bits per heavy atom. The number of aryl methyl sites for hydroxylation is 1. The van der Waals surface area contributed by atoms with Gasteiger partial charge in [-0.2, -0.15) is 0 Å². The summed E-state index contributed by atoms with van der Waals surface area (Å²) in [7, 11) is 0. The zero-order chi connectivity index (χ0) is 25.9. The van der Waals surface area contributed by atoms with Crippen LogP contribution in [0.15, 0.2) is 128 Å². The number of fused-ring (bicyclic) bond motifs is 7. The highest BCUT2D eigenvalue weighted by Crippen LogP contribution is 2.43. The van der Waals surface area contributed by atoms with E-state index >= 15 is 0 Å². The van der Waals surface area contributed by atoms with E-state index in [0.717, 1.165) is 33.8 Å². The third-order valence-corrected chi connectivity index (χ3v) is 7.70. The Labute approximate surface area is 225 Å². The van der Waals surface area contributed by atoms with Crippen LogP contribution in [0.4, 0.5) is 0 Å². The zero-order valence-corrected chi connectivity index (χ0v) is 21.4. The van der Waals surface area contributed by atoms with Crippen molar-refractivity contribution in [2.75, 3.05) is 0 Å². The summed E-state index contributed by atoms with van der Waals surface area (Å²) >= 11 is 0. The number of aromatic nitrogens is 4. The van der Waals surface area contributed by atoms with Crippen LogP contribution in [0.1, 0.15) is 5.56 Å². The molecule has 0 unspecified atom stereocenters. The largest absolute Gasteiger partial charge is 0.307 e. The molecule has 0 radical (unpaired) electrons. The third kappa shape index (κ3) is 3.18. The Kier molecular flexibility index (Phi) is 4.70. The van der Waals surface area contributed by atoms with Gasteiger partial charge in [0.05, 0.1) is 40.2 Å². The van der Waals surface area contributed by atoms with E-state index in [-0.39, 0.29) is 0 Å². The predicted molar refractivity (Wildman–Crippen MR) is 161 cm³/mol. The minimum atomic E-state index is 0.805. The number of benzene rings is 5. The molecule has 0 saturated heterocycles. The van der Waals surface area contributed by atoms with Gasteiger partial charge in [0.1, 0.15) is 0 Å². The van der Waals surface area contributed by atoms with Gasteiger partial charge in [0.2, 0.25) is 0 Å². The van der Waals surface area contributed by atoms with Crippen LogP contribution in [-0.2, 0) is 0 Å². The van der Waals surface area contributed by atoms with Crippen molar-refractivity contribution in [1.82, 2.24) is 19.1 Å². The zero-order valence-electron chi connectivity index (χ0n) is 21.4. The van der Waals surface area contributed by atoms with Crippen molar-refractivity contribution in [3.05, 3.63) is 133 Å². The highest BCUT2D eigenvalue weighted by molar-refractivity contribution is 6.24. The molecule has 0 N–H and O–H groups in total. The number of hydrogen-bond acceptors (Lipinski definition) is 2. The summed E-state index contributed by atoms with van der Waals surface area (Å²) in [6.45, 7) is 2.22. The van der Waals surface area contributed by atoms with Crippen LogP contribution in [0.5, 0.6) is 0 Å². The molecule has 0 spiro atoms. The van der Waals surface area contributed by atoms with Gasteiger partial charge < -0.3 is 4.57 Å². The SMILES string of the molecule is Cc1cc2c3ccccc3n(-c3ccccc3)c2c2c1c1ccccc1n2-c1cncc(-c2ccccc2)n1. The first-order valence-electron chi connectivity index (χ1n) is 13.2. The Morgan fingerprint density at radius 2 is 1.21 bits per heavy atom. The summed E-state index contributed by atoms with van der Waals surface area (Å²) in [5.74, 6) is 0.805. The normalized spacial score (nSPS) is 11.7. The average molecular weight is 501 g/mol. The summed E-state index contributed by atoms with van der Waals surface area (Å²) in [4.78, 5) is 9.84. The van der Waals surface area contributed by atoms with Gasteiger partial charge in [-0.1, -0.05) is 84.9 Å². The standard InChI is InChI=1S/C35H24N4/c1-23-20-28-26-16-8-10-18-30(26)38(25-14-6-3-7-15-25)34(28)35-33(23)27-17-9-11-19-31(27)39(35)32-22-36-21-29(37-32)24-12-4-2-5-13-24/h2-22H,1H3. The summed E-state index contributed by atoms with van der Waals surface area (Å²) in [6, 6.07) is 40.6. The van der Waals surface area contributed by atoms with E-state index in [1.807, 2.05) is 30.6 Å². The van der Waals surface area contributed by atoms with Crippen molar-refractivity contribution < 1.29 is 0 Å². The predicted octanol–water partition coefficient (Wildman–Crippen LogP) is 8.65. The van der Waals surface area contributed by atoms with Gasteiger partial charge in [-0.15, -0.1) is 0 Å². The lowest BCUT2D eigenvalue weighted by atomic mass is 10.0. The maximum absolute atomic E-state index is 5.17. The van der Waals surface area contributed by atoms with E-state index in [9.17, 15) is 0 Å². The van der Waals surface area contributed by atoms with Crippen molar-refractivity contribution in [3.8, 4) is 22.8 Å². The molecule has 0 saturated carbocycles. The van der Waals surface area contributed by atoms with E-state index in [1.165, 1.54) is 38.1 Å². The molecule has 0 bridgehead atoms. The lowest BCUT2D eigenvalue weighted by Gasteiger charge is -2.13. The Bertz CT molecular complexity index is 2170. The lowest BCUT2D eigenvalue weighted by Crippen LogP contribution is -2.02. The van der Waals surface area contributed by atoms with Crippen LogP contribution in [-0.4, -0.2) is 19.1 Å². The first kappa shape index (κ1) is 21.8. The van der Waals surface area contributed by atoms with Gasteiger partial charge >= 0.3 is 0 Å². The van der Waals surface area contributed by atoms with Crippen molar-refractivity contribution >= 4 is 43.6 Å². The molecule has 0 amide bonds.